The van der Waals surface area contributed by atoms with Crippen molar-refractivity contribution in [2.24, 2.45) is 0 Å². The summed E-state index contributed by atoms with van der Waals surface area (Å²) < 4.78 is 2.80. The lowest BCUT2D eigenvalue weighted by atomic mass is 10.2. The van der Waals surface area contributed by atoms with Gasteiger partial charge in [-0.05, 0) is 48.5 Å². The van der Waals surface area contributed by atoms with E-state index in [1.54, 1.807) is 48.5 Å². The molecule has 0 fully saturated rings. The zero-order valence-corrected chi connectivity index (χ0v) is 16.5. The van der Waals surface area contributed by atoms with Crippen LogP contribution in [0.15, 0.2) is 48.5 Å². The minimum atomic E-state index is -1.83. The van der Waals surface area contributed by atoms with Gasteiger partial charge in [0, 0.05) is 16.3 Å². The molecule has 5 nitrogen and oxygen atoms in total. The number of carbonyl (C=O) groups is 2. The smallest absolute Gasteiger partial charge is 0.337 e. The Kier molecular flexibility index (Phi) is 7.01. The van der Waals surface area contributed by atoms with Gasteiger partial charge in [0.2, 0.25) is 3.79 Å². The maximum Gasteiger partial charge on any atom is 0.337 e. The van der Waals surface area contributed by atoms with Crippen molar-refractivity contribution in [3.63, 3.8) is 0 Å². The first kappa shape index (κ1) is 20.6. The molecule has 0 spiro atoms. The van der Waals surface area contributed by atoms with Gasteiger partial charge in [-0.25, -0.2) is 4.79 Å². The molecule has 0 saturated heterocycles. The fourth-order valence-corrected chi connectivity index (χ4v) is 2.46. The summed E-state index contributed by atoms with van der Waals surface area (Å²) in [5, 5.41) is 6.02. The van der Waals surface area contributed by atoms with E-state index in [0.717, 1.165) is 0 Å². The first-order chi connectivity index (χ1) is 12.2. The SMILES string of the molecule is COC(=O)c1ccc(NC(NC(=O)c2ccc(Cl)cc2)C(Cl)(Cl)Cl)cc1. The van der Waals surface area contributed by atoms with Crippen LogP contribution < -0.4 is 10.6 Å². The molecule has 2 aromatic carbocycles. The first-order valence-electron chi connectivity index (χ1n) is 7.29. The number of rotatable bonds is 5. The van der Waals surface area contributed by atoms with E-state index in [-0.39, 0.29) is 0 Å². The average Bonchev–Trinajstić information content (AvgIpc) is 2.60. The molecule has 2 aromatic rings. The number of anilines is 1. The Morgan fingerprint density at radius 3 is 2.00 bits per heavy atom. The van der Waals surface area contributed by atoms with Crippen molar-refractivity contribution >= 4 is 64.0 Å². The molecular weight excluding hydrogens is 422 g/mol. The van der Waals surface area contributed by atoms with Crippen molar-refractivity contribution in [2.45, 2.75) is 9.96 Å². The number of alkyl halides is 3. The Hall–Kier alpha value is -1.66. The molecule has 1 atom stereocenters. The Morgan fingerprint density at radius 1 is 0.962 bits per heavy atom. The number of ether oxygens (including phenoxy) is 1. The van der Waals surface area contributed by atoms with Gasteiger partial charge in [0.1, 0.15) is 6.17 Å². The lowest BCUT2D eigenvalue weighted by Gasteiger charge is -2.27. The number of esters is 1. The summed E-state index contributed by atoms with van der Waals surface area (Å²) in [5.41, 5.74) is 1.26. The van der Waals surface area contributed by atoms with Gasteiger partial charge in [-0.15, -0.1) is 0 Å². The minimum Gasteiger partial charge on any atom is -0.465 e. The molecule has 0 radical (unpaired) electrons. The van der Waals surface area contributed by atoms with Gasteiger partial charge < -0.3 is 15.4 Å². The van der Waals surface area contributed by atoms with Crippen molar-refractivity contribution in [3.05, 3.63) is 64.7 Å². The van der Waals surface area contributed by atoms with Crippen LogP contribution >= 0.6 is 46.4 Å². The maximum atomic E-state index is 12.4. The second kappa shape index (κ2) is 8.82. The quantitative estimate of drug-likeness (QED) is 0.407. The summed E-state index contributed by atoms with van der Waals surface area (Å²) in [6.07, 6.45) is -1.03. The van der Waals surface area contributed by atoms with Gasteiger partial charge in [-0.3, -0.25) is 4.79 Å². The van der Waals surface area contributed by atoms with Gasteiger partial charge >= 0.3 is 5.97 Å². The highest BCUT2D eigenvalue weighted by Crippen LogP contribution is 2.31. The Labute approximate surface area is 170 Å². The number of benzene rings is 2. The number of carbonyl (C=O) groups excluding carboxylic acids is 2. The third kappa shape index (κ3) is 5.68. The molecule has 0 aliphatic rings. The van der Waals surface area contributed by atoms with Gasteiger partial charge in [0.05, 0.1) is 12.7 Å². The van der Waals surface area contributed by atoms with Crippen LogP contribution in [0.3, 0.4) is 0 Å². The summed E-state index contributed by atoms with van der Waals surface area (Å²) >= 11 is 23.7. The van der Waals surface area contributed by atoms with Crippen LogP contribution in [-0.4, -0.2) is 28.9 Å². The highest BCUT2D eigenvalue weighted by Gasteiger charge is 2.34. The fraction of sp³-hybridized carbons (Fsp3) is 0.176. The summed E-state index contributed by atoms with van der Waals surface area (Å²) in [4.78, 5) is 23.8. The Morgan fingerprint density at radius 2 is 1.50 bits per heavy atom. The van der Waals surface area contributed by atoms with Crippen LogP contribution in [0.2, 0.25) is 5.02 Å². The van der Waals surface area contributed by atoms with E-state index in [0.29, 0.717) is 21.8 Å². The van der Waals surface area contributed by atoms with Gasteiger partial charge in [0.25, 0.3) is 5.91 Å². The molecule has 0 aliphatic heterocycles. The molecule has 1 amide bonds. The number of methoxy groups -OCH3 is 1. The second-order valence-corrected chi connectivity index (χ2v) is 7.97. The summed E-state index contributed by atoms with van der Waals surface area (Å²) in [6, 6.07) is 12.6. The van der Waals surface area contributed by atoms with E-state index in [1.807, 2.05) is 0 Å². The monoisotopic (exact) mass is 434 g/mol. The standard InChI is InChI=1S/C17H14Cl4N2O3/c1-26-15(25)11-4-8-13(9-5-11)22-16(17(19,20)21)23-14(24)10-2-6-12(18)7-3-10/h2-9,16,22H,1H3,(H,23,24). The molecule has 0 bridgehead atoms. The zero-order chi connectivity index (χ0) is 19.3. The summed E-state index contributed by atoms with van der Waals surface area (Å²) in [6.45, 7) is 0. The van der Waals surface area contributed by atoms with Crippen LogP contribution in [0.5, 0.6) is 0 Å². The molecule has 9 heteroatoms. The van der Waals surface area contributed by atoms with Crippen LogP contribution in [-0.2, 0) is 4.74 Å². The normalized spacial score (nSPS) is 12.2. The first-order valence-corrected chi connectivity index (χ1v) is 8.80. The van der Waals surface area contributed by atoms with Crippen LogP contribution in [0.4, 0.5) is 5.69 Å². The van der Waals surface area contributed by atoms with Gasteiger partial charge in [-0.1, -0.05) is 46.4 Å². The molecule has 0 aliphatic carbocycles. The fourth-order valence-electron chi connectivity index (χ4n) is 2.00. The second-order valence-electron chi connectivity index (χ2n) is 5.17. The molecule has 138 valence electrons. The zero-order valence-electron chi connectivity index (χ0n) is 13.4. The third-order valence-electron chi connectivity index (χ3n) is 3.33. The van der Waals surface area contributed by atoms with Gasteiger partial charge in [0.15, 0.2) is 0 Å². The highest BCUT2D eigenvalue weighted by atomic mass is 35.6. The predicted molar refractivity (Wildman–Crippen MR) is 104 cm³/mol. The number of halogens is 4. The molecule has 0 heterocycles. The molecule has 0 saturated carbocycles. The molecule has 26 heavy (non-hydrogen) atoms. The average molecular weight is 436 g/mol. The number of hydrogen-bond acceptors (Lipinski definition) is 4. The van der Waals surface area contributed by atoms with Crippen molar-refractivity contribution in [3.8, 4) is 0 Å². The van der Waals surface area contributed by atoms with E-state index in [9.17, 15) is 9.59 Å². The molecule has 2 rings (SSSR count). The van der Waals surface area contributed by atoms with Crippen LogP contribution in [0.1, 0.15) is 20.7 Å². The molecule has 1 unspecified atom stereocenters. The van der Waals surface area contributed by atoms with Crippen LogP contribution in [0.25, 0.3) is 0 Å². The van der Waals surface area contributed by atoms with Crippen molar-refractivity contribution in [1.82, 2.24) is 5.32 Å². The van der Waals surface area contributed by atoms with Crippen LogP contribution in [0, 0.1) is 0 Å². The highest BCUT2D eigenvalue weighted by molar-refractivity contribution is 6.68. The predicted octanol–water partition coefficient (Wildman–Crippen LogP) is 4.66. The lowest BCUT2D eigenvalue weighted by molar-refractivity contribution is 0.0600. The minimum absolute atomic E-state index is 0.358. The maximum absolute atomic E-state index is 12.4. The number of nitrogens with one attached hydrogen (secondary N) is 2. The summed E-state index contributed by atoms with van der Waals surface area (Å²) in [7, 11) is 1.29. The number of amides is 1. The van der Waals surface area contributed by atoms with Crippen molar-refractivity contribution in [2.75, 3.05) is 12.4 Å². The van der Waals surface area contributed by atoms with E-state index in [2.05, 4.69) is 15.4 Å². The van der Waals surface area contributed by atoms with E-state index < -0.39 is 21.8 Å². The molecular formula is C17H14Cl4N2O3. The Bertz CT molecular complexity index is 774. The van der Waals surface area contributed by atoms with Crippen molar-refractivity contribution < 1.29 is 14.3 Å². The van der Waals surface area contributed by atoms with Gasteiger partial charge in [-0.2, -0.15) is 0 Å². The van der Waals surface area contributed by atoms with E-state index in [4.69, 9.17) is 46.4 Å². The largest absolute Gasteiger partial charge is 0.465 e. The number of hydrogen-bond donors (Lipinski definition) is 2. The van der Waals surface area contributed by atoms with E-state index in [1.165, 1.54) is 7.11 Å². The third-order valence-corrected chi connectivity index (χ3v) is 4.23. The lowest BCUT2D eigenvalue weighted by Crippen LogP contribution is -2.49. The topological polar surface area (TPSA) is 67.4 Å². The Balaban J connectivity index is 2.13. The molecule has 0 aromatic heterocycles. The molecule has 2 N–H and O–H groups in total. The van der Waals surface area contributed by atoms with E-state index >= 15 is 0 Å². The summed E-state index contributed by atoms with van der Waals surface area (Å²) in [5.74, 6) is -0.915. The van der Waals surface area contributed by atoms with Crippen molar-refractivity contribution in [1.29, 1.82) is 0 Å².